The number of anilines is 1. The maximum absolute atomic E-state index is 13.4. The number of sulfonamides is 1. The lowest BCUT2D eigenvalue weighted by Gasteiger charge is -2.15. The molecule has 0 spiro atoms. The molecule has 0 aliphatic heterocycles. The number of nitrogens with one attached hydrogen (secondary N) is 1. The van der Waals surface area contributed by atoms with Gasteiger partial charge in [-0.05, 0) is 30.0 Å². The van der Waals surface area contributed by atoms with Crippen molar-refractivity contribution in [2.45, 2.75) is 17.1 Å². The second kappa shape index (κ2) is 7.82. The molecule has 1 aromatic carbocycles. The van der Waals surface area contributed by atoms with Gasteiger partial charge in [-0.25, -0.2) is 21.5 Å². The van der Waals surface area contributed by atoms with Crippen LogP contribution < -0.4 is 5.32 Å². The second-order valence-electron chi connectivity index (χ2n) is 5.01. The molecular weight excluding hydrogens is 358 g/mol. The Kier molecular flexibility index (Phi) is 6.03. The fourth-order valence-corrected chi connectivity index (χ4v) is 4.38. The van der Waals surface area contributed by atoms with Crippen LogP contribution in [0.2, 0.25) is 0 Å². The summed E-state index contributed by atoms with van der Waals surface area (Å²) in [5.74, 6) is -2.30. The number of hydrogen-bond donors (Lipinski definition) is 1. The van der Waals surface area contributed by atoms with E-state index in [1.165, 1.54) is 19.2 Å². The maximum atomic E-state index is 13.4. The highest BCUT2D eigenvalue weighted by Crippen LogP contribution is 2.21. The molecule has 0 radical (unpaired) electrons. The van der Waals surface area contributed by atoms with Crippen LogP contribution in [0, 0.1) is 11.6 Å². The van der Waals surface area contributed by atoms with Gasteiger partial charge >= 0.3 is 0 Å². The summed E-state index contributed by atoms with van der Waals surface area (Å²) < 4.78 is 52.6. The zero-order valence-corrected chi connectivity index (χ0v) is 14.5. The maximum Gasteiger partial charge on any atom is 0.252 e. The monoisotopic (exact) mass is 374 g/mol. The summed E-state index contributed by atoms with van der Waals surface area (Å²) in [4.78, 5) is 11.8. The molecule has 0 saturated heterocycles. The van der Waals surface area contributed by atoms with Crippen molar-refractivity contribution in [1.29, 1.82) is 0 Å². The van der Waals surface area contributed by atoms with Crippen LogP contribution in [0.15, 0.2) is 39.9 Å². The molecule has 2 rings (SSSR count). The van der Waals surface area contributed by atoms with Crippen molar-refractivity contribution >= 4 is 33.0 Å². The summed E-state index contributed by atoms with van der Waals surface area (Å²) in [6.45, 7) is 0.118. The molecule has 0 atom stereocenters. The van der Waals surface area contributed by atoms with Gasteiger partial charge < -0.3 is 5.32 Å². The predicted molar refractivity (Wildman–Crippen MR) is 88.4 cm³/mol. The third kappa shape index (κ3) is 4.37. The predicted octanol–water partition coefficient (Wildman–Crippen LogP) is 3.07. The van der Waals surface area contributed by atoms with Gasteiger partial charge in [0.15, 0.2) is 0 Å². The molecule has 2 aromatic rings. The van der Waals surface area contributed by atoms with Crippen LogP contribution in [0.4, 0.5) is 14.5 Å². The third-order valence-electron chi connectivity index (χ3n) is 3.26. The fraction of sp³-hybridized carbons (Fsp3) is 0.267. The SMILES string of the molecule is CN(CCCC(=O)Nc1c(F)cccc1F)S(=O)(=O)c1cccs1. The van der Waals surface area contributed by atoms with Crippen LogP contribution in [-0.2, 0) is 14.8 Å². The molecular formula is C15H16F2N2O3S2. The Labute approximate surface area is 143 Å². The van der Waals surface area contributed by atoms with E-state index in [9.17, 15) is 22.0 Å². The van der Waals surface area contributed by atoms with E-state index in [1.54, 1.807) is 11.4 Å². The number of amides is 1. The highest BCUT2D eigenvalue weighted by molar-refractivity contribution is 7.91. The lowest BCUT2D eigenvalue weighted by molar-refractivity contribution is -0.116. The Bertz CT molecular complexity index is 788. The first kappa shape index (κ1) is 18.5. The van der Waals surface area contributed by atoms with Gasteiger partial charge in [0, 0.05) is 20.0 Å². The van der Waals surface area contributed by atoms with E-state index in [1.807, 2.05) is 0 Å². The van der Waals surface area contributed by atoms with E-state index < -0.39 is 33.3 Å². The highest BCUT2D eigenvalue weighted by Gasteiger charge is 2.21. The van der Waals surface area contributed by atoms with E-state index in [0.29, 0.717) is 0 Å². The highest BCUT2D eigenvalue weighted by atomic mass is 32.2. The Morgan fingerprint density at radius 2 is 1.88 bits per heavy atom. The molecule has 1 N–H and O–H groups in total. The molecule has 24 heavy (non-hydrogen) atoms. The van der Waals surface area contributed by atoms with E-state index in [2.05, 4.69) is 5.32 Å². The number of hydrogen-bond acceptors (Lipinski definition) is 4. The normalized spacial score (nSPS) is 11.7. The van der Waals surface area contributed by atoms with Crippen molar-refractivity contribution in [1.82, 2.24) is 4.31 Å². The minimum absolute atomic E-state index is 0.0575. The first-order chi connectivity index (χ1) is 11.3. The van der Waals surface area contributed by atoms with Gasteiger partial charge in [0.25, 0.3) is 10.0 Å². The fourth-order valence-electron chi connectivity index (χ4n) is 1.97. The molecule has 130 valence electrons. The summed E-state index contributed by atoms with van der Waals surface area (Å²) in [6, 6.07) is 6.43. The molecule has 0 aliphatic carbocycles. The summed E-state index contributed by atoms with van der Waals surface area (Å²) in [6.07, 6.45) is 0.168. The van der Waals surface area contributed by atoms with Crippen LogP contribution in [0.1, 0.15) is 12.8 Å². The Balaban J connectivity index is 1.87. The largest absolute Gasteiger partial charge is 0.321 e. The Morgan fingerprint density at radius 1 is 1.21 bits per heavy atom. The first-order valence-corrected chi connectivity index (χ1v) is 9.38. The Morgan fingerprint density at radius 3 is 2.46 bits per heavy atom. The van der Waals surface area contributed by atoms with E-state index in [-0.39, 0.29) is 23.6 Å². The van der Waals surface area contributed by atoms with Crippen molar-refractivity contribution in [3.8, 4) is 0 Å². The molecule has 1 amide bonds. The van der Waals surface area contributed by atoms with Crippen LogP contribution in [0.3, 0.4) is 0 Å². The van der Waals surface area contributed by atoms with E-state index >= 15 is 0 Å². The average molecular weight is 374 g/mol. The van der Waals surface area contributed by atoms with Crippen LogP contribution >= 0.6 is 11.3 Å². The standard InChI is InChI=1S/C15H16F2N2O3S2/c1-19(24(21,22)14-8-4-10-23-14)9-3-7-13(20)18-15-11(16)5-2-6-12(15)17/h2,4-6,8,10H,3,7,9H2,1H3,(H,18,20). The van der Waals surface area contributed by atoms with Gasteiger partial charge in [0.05, 0.1) is 0 Å². The van der Waals surface area contributed by atoms with Gasteiger partial charge in [-0.15, -0.1) is 11.3 Å². The number of carbonyl (C=O) groups excluding carboxylic acids is 1. The first-order valence-electron chi connectivity index (χ1n) is 7.06. The minimum Gasteiger partial charge on any atom is -0.321 e. The van der Waals surface area contributed by atoms with Crippen molar-refractivity contribution in [3.63, 3.8) is 0 Å². The summed E-state index contributed by atoms with van der Waals surface area (Å²) in [5, 5.41) is 3.83. The van der Waals surface area contributed by atoms with Crippen molar-refractivity contribution < 1.29 is 22.0 Å². The average Bonchev–Trinajstić information content (AvgIpc) is 3.06. The zero-order valence-electron chi connectivity index (χ0n) is 12.8. The number of rotatable bonds is 7. The van der Waals surface area contributed by atoms with Gasteiger partial charge in [0.1, 0.15) is 21.5 Å². The molecule has 1 aromatic heterocycles. The van der Waals surface area contributed by atoms with Gasteiger partial charge in [0.2, 0.25) is 5.91 Å². The van der Waals surface area contributed by atoms with Crippen LogP contribution in [0.5, 0.6) is 0 Å². The number of halogens is 2. The van der Waals surface area contributed by atoms with E-state index in [0.717, 1.165) is 27.8 Å². The molecule has 0 fully saturated rings. The quantitative estimate of drug-likeness (QED) is 0.810. The number of para-hydroxylation sites is 1. The van der Waals surface area contributed by atoms with Crippen molar-refractivity contribution in [2.24, 2.45) is 0 Å². The number of benzene rings is 1. The minimum atomic E-state index is -3.57. The molecule has 9 heteroatoms. The zero-order chi connectivity index (χ0) is 17.7. The van der Waals surface area contributed by atoms with Gasteiger partial charge in [-0.2, -0.15) is 0 Å². The molecule has 1 heterocycles. The van der Waals surface area contributed by atoms with Crippen molar-refractivity contribution in [2.75, 3.05) is 18.9 Å². The van der Waals surface area contributed by atoms with Gasteiger partial charge in [-0.3, -0.25) is 4.79 Å². The lowest BCUT2D eigenvalue weighted by atomic mass is 10.2. The molecule has 5 nitrogen and oxygen atoms in total. The van der Waals surface area contributed by atoms with Crippen LogP contribution in [-0.4, -0.2) is 32.2 Å². The molecule has 0 aliphatic rings. The number of nitrogens with zero attached hydrogens (tertiary/aromatic N) is 1. The smallest absolute Gasteiger partial charge is 0.252 e. The summed E-state index contributed by atoms with van der Waals surface area (Å²) in [5.41, 5.74) is -0.498. The number of thiophene rings is 1. The van der Waals surface area contributed by atoms with E-state index in [4.69, 9.17) is 0 Å². The summed E-state index contributed by atoms with van der Waals surface area (Å²) in [7, 11) is -2.15. The second-order valence-corrected chi connectivity index (χ2v) is 8.23. The molecule has 0 saturated carbocycles. The molecule has 0 unspecified atom stereocenters. The number of carbonyl (C=O) groups is 1. The topological polar surface area (TPSA) is 66.5 Å². The Hall–Kier alpha value is -1.84. The van der Waals surface area contributed by atoms with Crippen molar-refractivity contribution in [3.05, 3.63) is 47.3 Å². The third-order valence-corrected chi connectivity index (χ3v) is 6.49. The van der Waals surface area contributed by atoms with Gasteiger partial charge in [-0.1, -0.05) is 12.1 Å². The van der Waals surface area contributed by atoms with Crippen LogP contribution in [0.25, 0.3) is 0 Å². The molecule has 0 bridgehead atoms. The summed E-state index contributed by atoms with van der Waals surface area (Å²) >= 11 is 1.11. The lowest BCUT2D eigenvalue weighted by Crippen LogP contribution is -2.28.